The molecule has 0 fully saturated rings. The molecule has 0 aliphatic heterocycles. The van der Waals surface area contributed by atoms with Gasteiger partial charge in [-0.2, -0.15) is 0 Å². The molecule has 16 heavy (non-hydrogen) atoms. The number of ketones is 1. The first-order chi connectivity index (χ1) is 7.47. The molecule has 0 saturated carbocycles. The number of alkyl halides is 2. The number of halogens is 3. The van der Waals surface area contributed by atoms with Crippen LogP contribution >= 0.6 is 15.9 Å². The van der Waals surface area contributed by atoms with Crippen LogP contribution < -0.4 is 4.74 Å². The largest absolute Gasteiger partial charge is 0.493 e. The topological polar surface area (TPSA) is 26.3 Å². The fraction of sp³-hybridized carbons (Fsp3) is 0.364. The van der Waals surface area contributed by atoms with Crippen LogP contribution in [-0.2, 0) is 0 Å². The lowest BCUT2D eigenvalue weighted by molar-refractivity contribution is 0.101. The standard InChI is InChI=1S/C11H11BrF2O2/c1-3-16-9-5-7(6(2)15)4-8(12)10(9)11(13)14/h4-5,11H,3H2,1-2H3. The van der Waals surface area contributed by atoms with Crippen LogP contribution in [0.1, 0.15) is 36.2 Å². The van der Waals surface area contributed by atoms with E-state index >= 15 is 0 Å². The molecule has 0 heterocycles. The van der Waals surface area contributed by atoms with Crippen LogP contribution in [0.4, 0.5) is 8.78 Å². The Labute approximate surface area is 101 Å². The molecule has 0 saturated heterocycles. The highest BCUT2D eigenvalue weighted by atomic mass is 79.9. The molecule has 2 nitrogen and oxygen atoms in total. The minimum absolute atomic E-state index is 0.0528. The smallest absolute Gasteiger partial charge is 0.268 e. The molecule has 5 heteroatoms. The molecule has 1 rings (SSSR count). The molecular formula is C11H11BrF2O2. The van der Waals surface area contributed by atoms with Crippen LogP contribution in [0.25, 0.3) is 0 Å². The third-order valence-electron chi connectivity index (χ3n) is 2.02. The van der Waals surface area contributed by atoms with Gasteiger partial charge in [0, 0.05) is 10.0 Å². The zero-order valence-corrected chi connectivity index (χ0v) is 10.5. The van der Waals surface area contributed by atoms with Gasteiger partial charge in [-0.05, 0) is 26.0 Å². The van der Waals surface area contributed by atoms with Crippen molar-refractivity contribution in [1.29, 1.82) is 0 Å². The summed E-state index contributed by atoms with van der Waals surface area (Å²) in [7, 11) is 0. The maximum atomic E-state index is 12.7. The number of benzene rings is 1. The minimum atomic E-state index is -2.64. The van der Waals surface area contributed by atoms with Crippen molar-refractivity contribution in [3.63, 3.8) is 0 Å². The van der Waals surface area contributed by atoms with E-state index in [0.717, 1.165) is 0 Å². The van der Waals surface area contributed by atoms with E-state index in [-0.39, 0.29) is 28.2 Å². The molecule has 0 aromatic heterocycles. The van der Waals surface area contributed by atoms with E-state index in [0.29, 0.717) is 5.56 Å². The average molecular weight is 293 g/mol. The Balaban J connectivity index is 3.33. The van der Waals surface area contributed by atoms with Crippen molar-refractivity contribution in [2.45, 2.75) is 20.3 Å². The normalized spacial score (nSPS) is 10.6. The molecule has 0 bridgehead atoms. The van der Waals surface area contributed by atoms with Gasteiger partial charge < -0.3 is 4.74 Å². The SMILES string of the molecule is CCOc1cc(C(C)=O)cc(Br)c1C(F)F. The first-order valence-corrected chi connectivity index (χ1v) is 5.52. The highest BCUT2D eigenvalue weighted by molar-refractivity contribution is 9.10. The van der Waals surface area contributed by atoms with E-state index in [2.05, 4.69) is 15.9 Å². The summed E-state index contributed by atoms with van der Waals surface area (Å²) >= 11 is 3.02. The molecule has 1 aromatic rings. The Bertz CT molecular complexity index is 405. The van der Waals surface area contributed by atoms with Gasteiger partial charge in [0.05, 0.1) is 12.2 Å². The lowest BCUT2D eigenvalue weighted by Gasteiger charge is -2.12. The number of hydrogen-bond acceptors (Lipinski definition) is 2. The number of carbonyl (C=O) groups excluding carboxylic acids is 1. The molecular weight excluding hydrogens is 282 g/mol. The van der Waals surface area contributed by atoms with Gasteiger partial charge >= 0.3 is 0 Å². The Morgan fingerprint density at radius 3 is 2.56 bits per heavy atom. The molecule has 0 amide bonds. The lowest BCUT2D eigenvalue weighted by Crippen LogP contribution is -2.02. The minimum Gasteiger partial charge on any atom is -0.493 e. The number of rotatable bonds is 4. The molecule has 0 unspecified atom stereocenters. The van der Waals surface area contributed by atoms with Crippen molar-refractivity contribution in [2.75, 3.05) is 6.61 Å². The summed E-state index contributed by atoms with van der Waals surface area (Å²) in [6, 6.07) is 2.73. The molecule has 0 radical (unpaired) electrons. The number of hydrogen-bond donors (Lipinski definition) is 0. The summed E-state index contributed by atoms with van der Waals surface area (Å²) in [6.45, 7) is 3.34. The molecule has 0 aliphatic rings. The van der Waals surface area contributed by atoms with E-state index in [1.54, 1.807) is 6.92 Å². The molecule has 0 spiro atoms. The Kier molecular flexibility index (Phi) is 4.41. The van der Waals surface area contributed by atoms with Crippen molar-refractivity contribution in [3.05, 3.63) is 27.7 Å². The summed E-state index contributed by atoms with van der Waals surface area (Å²) < 4.78 is 30.8. The van der Waals surface area contributed by atoms with E-state index in [9.17, 15) is 13.6 Å². The van der Waals surface area contributed by atoms with Crippen molar-refractivity contribution < 1.29 is 18.3 Å². The fourth-order valence-corrected chi connectivity index (χ4v) is 1.90. The van der Waals surface area contributed by atoms with Gasteiger partial charge in [0.1, 0.15) is 5.75 Å². The van der Waals surface area contributed by atoms with Gasteiger partial charge in [0.15, 0.2) is 5.78 Å². The van der Waals surface area contributed by atoms with Crippen LogP contribution in [0.15, 0.2) is 16.6 Å². The summed E-state index contributed by atoms with van der Waals surface area (Å²) in [5, 5.41) is 0. The predicted octanol–water partition coefficient (Wildman–Crippen LogP) is 3.99. The van der Waals surface area contributed by atoms with Crippen LogP contribution in [-0.4, -0.2) is 12.4 Å². The summed E-state index contributed by atoms with van der Waals surface area (Å²) in [5.74, 6) is -0.139. The average Bonchev–Trinajstić information content (AvgIpc) is 2.16. The maximum Gasteiger partial charge on any atom is 0.268 e. The van der Waals surface area contributed by atoms with Crippen molar-refractivity contribution in [1.82, 2.24) is 0 Å². The van der Waals surface area contributed by atoms with Crippen LogP contribution in [0.5, 0.6) is 5.75 Å². The van der Waals surface area contributed by atoms with Crippen molar-refractivity contribution in [3.8, 4) is 5.75 Å². The molecule has 0 atom stereocenters. The van der Waals surface area contributed by atoms with Gasteiger partial charge in [-0.15, -0.1) is 0 Å². The number of ether oxygens (including phenoxy) is 1. The van der Waals surface area contributed by atoms with E-state index in [1.807, 2.05) is 0 Å². The number of carbonyl (C=O) groups is 1. The summed E-state index contributed by atoms with van der Waals surface area (Å²) in [6.07, 6.45) is -2.64. The van der Waals surface area contributed by atoms with Gasteiger partial charge in [0.2, 0.25) is 0 Å². The second kappa shape index (κ2) is 5.39. The monoisotopic (exact) mass is 292 g/mol. The maximum absolute atomic E-state index is 12.7. The highest BCUT2D eigenvalue weighted by Crippen LogP contribution is 2.36. The van der Waals surface area contributed by atoms with Gasteiger partial charge in [-0.3, -0.25) is 4.79 Å². The lowest BCUT2D eigenvalue weighted by atomic mass is 10.1. The summed E-state index contributed by atoms with van der Waals surface area (Å²) in [4.78, 5) is 11.2. The first kappa shape index (κ1) is 13.1. The zero-order valence-electron chi connectivity index (χ0n) is 8.89. The second-order valence-electron chi connectivity index (χ2n) is 3.16. The summed E-state index contributed by atoms with van der Waals surface area (Å²) in [5.41, 5.74) is 0.131. The van der Waals surface area contributed by atoms with Gasteiger partial charge in [-0.1, -0.05) is 15.9 Å². The highest BCUT2D eigenvalue weighted by Gasteiger charge is 2.20. The van der Waals surface area contributed by atoms with Crippen LogP contribution in [0.2, 0.25) is 0 Å². The zero-order chi connectivity index (χ0) is 12.3. The van der Waals surface area contributed by atoms with Crippen LogP contribution in [0, 0.1) is 0 Å². The van der Waals surface area contributed by atoms with Crippen molar-refractivity contribution >= 4 is 21.7 Å². The molecule has 0 N–H and O–H groups in total. The van der Waals surface area contributed by atoms with Crippen LogP contribution in [0.3, 0.4) is 0 Å². The van der Waals surface area contributed by atoms with Gasteiger partial charge in [0.25, 0.3) is 6.43 Å². The van der Waals surface area contributed by atoms with Gasteiger partial charge in [-0.25, -0.2) is 8.78 Å². The molecule has 0 aliphatic carbocycles. The second-order valence-corrected chi connectivity index (χ2v) is 4.01. The Morgan fingerprint density at radius 2 is 2.12 bits per heavy atom. The quantitative estimate of drug-likeness (QED) is 0.785. The third-order valence-corrected chi connectivity index (χ3v) is 2.67. The van der Waals surface area contributed by atoms with E-state index in [4.69, 9.17) is 4.74 Å². The predicted molar refractivity (Wildman–Crippen MR) is 60.3 cm³/mol. The van der Waals surface area contributed by atoms with Crippen molar-refractivity contribution in [2.24, 2.45) is 0 Å². The Hall–Kier alpha value is -0.970. The van der Waals surface area contributed by atoms with E-state index < -0.39 is 6.43 Å². The first-order valence-electron chi connectivity index (χ1n) is 4.72. The Morgan fingerprint density at radius 1 is 1.50 bits per heavy atom. The molecule has 88 valence electrons. The fourth-order valence-electron chi connectivity index (χ4n) is 1.28. The van der Waals surface area contributed by atoms with E-state index in [1.165, 1.54) is 19.1 Å². The molecule has 1 aromatic carbocycles. The third kappa shape index (κ3) is 2.78. The number of Topliss-reactive ketones (excluding diaryl/α,β-unsaturated/α-hetero) is 1.